The van der Waals surface area contributed by atoms with Gasteiger partial charge in [0.15, 0.2) is 5.82 Å². The van der Waals surface area contributed by atoms with Crippen molar-refractivity contribution in [2.24, 2.45) is 0 Å². The number of hydrogen-bond acceptors (Lipinski definition) is 2. The second-order valence-electron chi connectivity index (χ2n) is 14.6. The fourth-order valence-electron chi connectivity index (χ4n) is 8.38. The Hall–Kier alpha value is -6.64. The van der Waals surface area contributed by atoms with Crippen LogP contribution >= 0.6 is 0 Å². The zero-order valence-electron chi connectivity index (χ0n) is 29.7. The number of rotatable bonds is 5. The van der Waals surface area contributed by atoms with Crippen molar-refractivity contribution in [3.63, 3.8) is 0 Å². The van der Waals surface area contributed by atoms with Crippen molar-refractivity contribution in [3.8, 4) is 67.3 Å². The Morgan fingerprint density at radius 2 is 0.943 bits per heavy atom. The smallest absolute Gasteiger partial charge is 0.161 e. The average Bonchev–Trinajstić information content (AvgIpc) is 3.46. The van der Waals surface area contributed by atoms with Gasteiger partial charge in [-0.25, -0.2) is 9.97 Å². The zero-order chi connectivity index (χ0) is 35.5. The van der Waals surface area contributed by atoms with Crippen LogP contribution in [0.15, 0.2) is 182 Å². The zero-order valence-corrected chi connectivity index (χ0v) is 29.7. The molecule has 0 atom stereocenters. The van der Waals surface area contributed by atoms with Crippen LogP contribution in [0.4, 0.5) is 0 Å². The van der Waals surface area contributed by atoms with E-state index in [9.17, 15) is 0 Å². The van der Waals surface area contributed by atoms with Crippen LogP contribution in [0.2, 0.25) is 0 Å². The molecule has 250 valence electrons. The van der Waals surface area contributed by atoms with E-state index in [0.717, 1.165) is 39.0 Å². The van der Waals surface area contributed by atoms with Gasteiger partial charge in [0.25, 0.3) is 0 Å². The van der Waals surface area contributed by atoms with Crippen molar-refractivity contribution in [1.82, 2.24) is 9.97 Å². The van der Waals surface area contributed by atoms with Gasteiger partial charge in [0, 0.05) is 22.1 Å². The highest BCUT2D eigenvalue weighted by Gasteiger charge is 2.36. The fourth-order valence-corrected chi connectivity index (χ4v) is 8.38. The van der Waals surface area contributed by atoms with Gasteiger partial charge in [-0.1, -0.05) is 172 Å². The predicted molar refractivity (Wildman–Crippen MR) is 222 cm³/mol. The Morgan fingerprint density at radius 3 is 1.72 bits per heavy atom. The molecular formula is C51H36N2. The summed E-state index contributed by atoms with van der Waals surface area (Å²) in [7, 11) is 0. The van der Waals surface area contributed by atoms with Gasteiger partial charge >= 0.3 is 0 Å². The summed E-state index contributed by atoms with van der Waals surface area (Å²) >= 11 is 0. The van der Waals surface area contributed by atoms with Crippen LogP contribution in [0.25, 0.3) is 88.8 Å². The van der Waals surface area contributed by atoms with E-state index in [1.165, 1.54) is 55.1 Å². The SMILES string of the molecule is CC1(C)c2cc(-c3ccc(-c4nc(-c5ccccc5)cc(-c5cccc(-c6ccccc6)c5)n4)c4ccccc34)ccc2-c2c1ccc1ccccc21. The van der Waals surface area contributed by atoms with Gasteiger partial charge in [0.05, 0.1) is 11.4 Å². The predicted octanol–water partition coefficient (Wildman–Crippen LogP) is 13.4. The maximum absolute atomic E-state index is 5.29. The maximum atomic E-state index is 5.29. The molecule has 0 saturated heterocycles. The summed E-state index contributed by atoms with van der Waals surface area (Å²) in [5.41, 5.74) is 15.1. The van der Waals surface area contributed by atoms with Crippen molar-refractivity contribution in [3.05, 3.63) is 193 Å². The molecule has 0 spiro atoms. The quantitative estimate of drug-likeness (QED) is 0.181. The van der Waals surface area contributed by atoms with Crippen LogP contribution in [0.5, 0.6) is 0 Å². The molecule has 1 heterocycles. The normalized spacial score (nSPS) is 12.9. The summed E-state index contributed by atoms with van der Waals surface area (Å²) in [5.74, 6) is 0.714. The van der Waals surface area contributed by atoms with E-state index in [0.29, 0.717) is 5.82 Å². The van der Waals surface area contributed by atoms with Crippen molar-refractivity contribution < 1.29 is 0 Å². The minimum absolute atomic E-state index is 0.111. The lowest BCUT2D eigenvalue weighted by Crippen LogP contribution is -2.15. The Balaban J connectivity index is 1.12. The van der Waals surface area contributed by atoms with Crippen LogP contribution in [0.3, 0.4) is 0 Å². The molecule has 0 fully saturated rings. The first kappa shape index (κ1) is 31.1. The summed E-state index contributed by atoms with van der Waals surface area (Å²) in [6.45, 7) is 4.73. The van der Waals surface area contributed by atoms with E-state index in [1.54, 1.807) is 0 Å². The second kappa shape index (κ2) is 12.3. The minimum atomic E-state index is -0.111. The van der Waals surface area contributed by atoms with E-state index in [2.05, 4.69) is 190 Å². The van der Waals surface area contributed by atoms with Gasteiger partial charge in [0.2, 0.25) is 0 Å². The molecule has 10 rings (SSSR count). The van der Waals surface area contributed by atoms with Crippen molar-refractivity contribution in [2.75, 3.05) is 0 Å². The Bertz CT molecular complexity index is 2850. The lowest BCUT2D eigenvalue weighted by molar-refractivity contribution is 0.661. The first-order valence-corrected chi connectivity index (χ1v) is 18.3. The van der Waals surface area contributed by atoms with Gasteiger partial charge < -0.3 is 0 Å². The largest absolute Gasteiger partial charge is 0.228 e. The van der Waals surface area contributed by atoms with Gasteiger partial charge in [-0.3, -0.25) is 0 Å². The molecular weight excluding hydrogens is 641 g/mol. The second-order valence-corrected chi connectivity index (χ2v) is 14.6. The summed E-state index contributed by atoms with van der Waals surface area (Å²) in [4.78, 5) is 10.5. The molecule has 2 heteroatoms. The molecule has 8 aromatic carbocycles. The van der Waals surface area contributed by atoms with Crippen LogP contribution < -0.4 is 0 Å². The maximum Gasteiger partial charge on any atom is 0.161 e. The number of fused-ring (bicyclic) bond motifs is 6. The fraction of sp³-hybridized carbons (Fsp3) is 0.0588. The highest BCUT2D eigenvalue weighted by Crippen LogP contribution is 2.52. The molecule has 0 radical (unpaired) electrons. The number of nitrogens with zero attached hydrogens (tertiary/aromatic N) is 2. The van der Waals surface area contributed by atoms with Gasteiger partial charge in [-0.15, -0.1) is 0 Å². The van der Waals surface area contributed by atoms with Crippen molar-refractivity contribution >= 4 is 21.5 Å². The molecule has 0 N–H and O–H groups in total. The molecule has 0 unspecified atom stereocenters. The third-order valence-corrected chi connectivity index (χ3v) is 11.1. The summed E-state index contributed by atoms with van der Waals surface area (Å²) in [5, 5.41) is 4.92. The van der Waals surface area contributed by atoms with E-state index >= 15 is 0 Å². The van der Waals surface area contributed by atoms with Crippen molar-refractivity contribution in [1.29, 1.82) is 0 Å². The molecule has 1 aromatic heterocycles. The Kier molecular flexibility index (Phi) is 7.19. The van der Waals surface area contributed by atoms with Gasteiger partial charge in [0.1, 0.15) is 0 Å². The van der Waals surface area contributed by atoms with E-state index in [1.807, 2.05) is 6.07 Å². The first-order valence-electron chi connectivity index (χ1n) is 18.3. The summed E-state index contributed by atoms with van der Waals surface area (Å²) in [6, 6.07) is 65.3. The van der Waals surface area contributed by atoms with E-state index in [-0.39, 0.29) is 5.41 Å². The van der Waals surface area contributed by atoms with Crippen LogP contribution in [-0.2, 0) is 5.41 Å². The van der Waals surface area contributed by atoms with Gasteiger partial charge in [-0.2, -0.15) is 0 Å². The molecule has 1 aliphatic rings. The molecule has 0 saturated carbocycles. The third-order valence-electron chi connectivity index (χ3n) is 11.1. The van der Waals surface area contributed by atoms with Gasteiger partial charge in [-0.05, 0) is 90.3 Å². The summed E-state index contributed by atoms with van der Waals surface area (Å²) in [6.07, 6.45) is 0. The minimum Gasteiger partial charge on any atom is -0.228 e. The molecule has 2 nitrogen and oxygen atoms in total. The highest BCUT2D eigenvalue weighted by molar-refractivity contribution is 6.06. The number of aromatic nitrogens is 2. The van der Waals surface area contributed by atoms with Crippen molar-refractivity contribution in [2.45, 2.75) is 19.3 Å². The molecule has 0 aliphatic heterocycles. The molecule has 0 bridgehead atoms. The van der Waals surface area contributed by atoms with E-state index in [4.69, 9.17) is 9.97 Å². The van der Waals surface area contributed by atoms with Crippen LogP contribution in [0.1, 0.15) is 25.0 Å². The Morgan fingerprint density at radius 1 is 0.358 bits per heavy atom. The number of hydrogen-bond donors (Lipinski definition) is 0. The highest BCUT2D eigenvalue weighted by atomic mass is 14.9. The lowest BCUT2D eigenvalue weighted by Gasteiger charge is -2.22. The third kappa shape index (κ3) is 5.18. The lowest BCUT2D eigenvalue weighted by atomic mass is 9.81. The molecule has 1 aliphatic carbocycles. The monoisotopic (exact) mass is 676 g/mol. The Labute approximate surface area is 310 Å². The standard InChI is InChI=1S/C51H36N2/c1-51(2)45-29-25-34-16-9-10-21-40(34)49(45)44-26-24-37(31-46(44)51)39-27-28-43(42-23-12-11-22-41(39)42)50-52-47(35-17-7-4-8-18-35)32-48(53-50)38-20-13-19-36(30-38)33-14-5-3-6-15-33/h3-32H,1-2H3. The average molecular weight is 677 g/mol. The first-order chi connectivity index (χ1) is 26.0. The molecule has 53 heavy (non-hydrogen) atoms. The molecule has 0 amide bonds. The molecule has 9 aromatic rings. The number of benzene rings is 8. The van der Waals surface area contributed by atoms with Crippen LogP contribution in [-0.4, -0.2) is 9.97 Å². The van der Waals surface area contributed by atoms with E-state index < -0.39 is 0 Å². The topological polar surface area (TPSA) is 25.8 Å². The van der Waals surface area contributed by atoms with Crippen LogP contribution in [0, 0.1) is 0 Å². The summed E-state index contributed by atoms with van der Waals surface area (Å²) < 4.78 is 0.